The van der Waals surface area contributed by atoms with Gasteiger partial charge in [-0.05, 0) is 6.07 Å². The first-order valence-corrected chi connectivity index (χ1v) is 3.74. The standard InChI is InChI=1S/C8H9FN2O3/c1-14-7-5(6(10)8(12)13)2-4(9)3-11-7/h2-3,6H,10H2,1H3,(H,12,13). The molecule has 0 fully saturated rings. The molecule has 0 aliphatic rings. The lowest BCUT2D eigenvalue weighted by Gasteiger charge is -2.10. The second-order valence-electron chi connectivity index (χ2n) is 2.57. The third-order valence-corrected chi connectivity index (χ3v) is 1.64. The number of nitrogens with two attached hydrogens (primary N) is 1. The third-order valence-electron chi connectivity index (χ3n) is 1.64. The molecular formula is C8H9FN2O3. The van der Waals surface area contributed by atoms with E-state index in [1.54, 1.807) is 0 Å². The SMILES string of the molecule is COc1ncc(F)cc1C(N)C(=O)O. The number of pyridine rings is 1. The molecule has 14 heavy (non-hydrogen) atoms. The summed E-state index contributed by atoms with van der Waals surface area (Å²) >= 11 is 0. The monoisotopic (exact) mass is 200 g/mol. The summed E-state index contributed by atoms with van der Waals surface area (Å²) < 4.78 is 17.5. The van der Waals surface area contributed by atoms with Crippen molar-refractivity contribution in [3.8, 4) is 5.88 Å². The number of hydrogen-bond acceptors (Lipinski definition) is 4. The number of halogens is 1. The van der Waals surface area contributed by atoms with Crippen molar-refractivity contribution in [2.45, 2.75) is 6.04 Å². The number of carboxylic acids is 1. The van der Waals surface area contributed by atoms with Crippen molar-refractivity contribution in [2.75, 3.05) is 7.11 Å². The molecule has 0 aliphatic heterocycles. The molecule has 0 aliphatic carbocycles. The van der Waals surface area contributed by atoms with E-state index in [1.165, 1.54) is 7.11 Å². The van der Waals surface area contributed by atoms with Crippen LogP contribution in [0.5, 0.6) is 5.88 Å². The lowest BCUT2D eigenvalue weighted by molar-refractivity contribution is -0.138. The van der Waals surface area contributed by atoms with Gasteiger partial charge in [0.25, 0.3) is 0 Å². The second-order valence-corrected chi connectivity index (χ2v) is 2.57. The summed E-state index contributed by atoms with van der Waals surface area (Å²) in [5.41, 5.74) is 5.31. The molecule has 0 aromatic carbocycles. The topological polar surface area (TPSA) is 85.4 Å². The Labute approximate surface area is 79.3 Å². The molecule has 76 valence electrons. The first-order valence-electron chi connectivity index (χ1n) is 3.74. The molecule has 1 atom stereocenters. The van der Waals surface area contributed by atoms with Gasteiger partial charge in [0.1, 0.15) is 11.9 Å². The average molecular weight is 200 g/mol. The molecule has 6 heteroatoms. The summed E-state index contributed by atoms with van der Waals surface area (Å²) in [5, 5.41) is 8.62. The molecule has 0 saturated carbocycles. The van der Waals surface area contributed by atoms with E-state index in [2.05, 4.69) is 4.98 Å². The van der Waals surface area contributed by atoms with Gasteiger partial charge < -0.3 is 15.6 Å². The van der Waals surface area contributed by atoms with Gasteiger partial charge in [0.2, 0.25) is 5.88 Å². The number of hydrogen-bond donors (Lipinski definition) is 2. The van der Waals surface area contributed by atoms with Crippen molar-refractivity contribution < 1.29 is 19.0 Å². The van der Waals surface area contributed by atoms with Crippen LogP contribution >= 0.6 is 0 Å². The molecular weight excluding hydrogens is 191 g/mol. The molecule has 0 spiro atoms. The molecule has 0 amide bonds. The van der Waals surface area contributed by atoms with Crippen LogP contribution in [0, 0.1) is 5.82 Å². The van der Waals surface area contributed by atoms with E-state index in [0.717, 1.165) is 12.3 Å². The molecule has 3 N–H and O–H groups in total. The maximum absolute atomic E-state index is 12.7. The van der Waals surface area contributed by atoms with Gasteiger partial charge in [-0.15, -0.1) is 0 Å². The number of aliphatic carboxylic acids is 1. The fourth-order valence-corrected chi connectivity index (χ4v) is 0.969. The number of ether oxygens (including phenoxy) is 1. The predicted octanol–water partition coefficient (Wildman–Crippen LogP) is 0.314. The fraction of sp³-hybridized carbons (Fsp3) is 0.250. The molecule has 1 unspecified atom stereocenters. The Morgan fingerprint density at radius 2 is 2.43 bits per heavy atom. The number of carboxylic acid groups (broad SMARTS) is 1. The van der Waals surface area contributed by atoms with E-state index in [0.29, 0.717) is 0 Å². The summed E-state index contributed by atoms with van der Waals surface area (Å²) in [5.74, 6) is -1.91. The Morgan fingerprint density at radius 1 is 1.79 bits per heavy atom. The summed E-state index contributed by atoms with van der Waals surface area (Å²) in [6, 6.07) is -0.349. The van der Waals surface area contributed by atoms with Gasteiger partial charge in [-0.1, -0.05) is 0 Å². The highest BCUT2D eigenvalue weighted by Gasteiger charge is 2.20. The maximum Gasteiger partial charge on any atom is 0.325 e. The van der Waals surface area contributed by atoms with Gasteiger partial charge in [0.15, 0.2) is 0 Å². The van der Waals surface area contributed by atoms with Crippen LogP contribution in [-0.2, 0) is 4.79 Å². The minimum Gasteiger partial charge on any atom is -0.481 e. The second kappa shape index (κ2) is 4.01. The van der Waals surface area contributed by atoms with Gasteiger partial charge in [-0.25, -0.2) is 9.37 Å². The molecule has 1 heterocycles. The van der Waals surface area contributed by atoms with Crippen LogP contribution < -0.4 is 10.5 Å². The van der Waals surface area contributed by atoms with Crippen molar-refractivity contribution in [3.05, 3.63) is 23.6 Å². The minimum absolute atomic E-state index is 0.0139. The smallest absolute Gasteiger partial charge is 0.325 e. The quantitative estimate of drug-likeness (QED) is 0.733. The van der Waals surface area contributed by atoms with Crippen LogP contribution in [0.15, 0.2) is 12.3 Å². The zero-order chi connectivity index (χ0) is 10.7. The maximum atomic E-state index is 12.7. The Bertz CT molecular complexity index is 356. The summed E-state index contributed by atoms with van der Waals surface area (Å²) in [6.45, 7) is 0. The van der Waals surface area contributed by atoms with Crippen molar-refractivity contribution in [2.24, 2.45) is 5.73 Å². The Hall–Kier alpha value is -1.69. The van der Waals surface area contributed by atoms with Gasteiger partial charge in [0.05, 0.1) is 13.3 Å². The summed E-state index contributed by atoms with van der Waals surface area (Å²) in [6.07, 6.45) is 0.927. The van der Waals surface area contributed by atoms with E-state index < -0.39 is 17.8 Å². The molecule has 0 saturated heterocycles. The first-order chi connectivity index (χ1) is 6.56. The number of aromatic nitrogens is 1. The van der Waals surface area contributed by atoms with Crippen molar-refractivity contribution in [1.29, 1.82) is 0 Å². The Kier molecular flexibility index (Phi) is 2.98. The van der Waals surface area contributed by atoms with Gasteiger partial charge in [0, 0.05) is 5.56 Å². The lowest BCUT2D eigenvalue weighted by Crippen LogP contribution is -2.21. The molecule has 5 nitrogen and oxygen atoms in total. The number of nitrogens with zero attached hydrogens (tertiary/aromatic N) is 1. The Morgan fingerprint density at radius 3 is 2.93 bits per heavy atom. The van der Waals surface area contributed by atoms with Crippen molar-refractivity contribution in [1.82, 2.24) is 4.98 Å². The van der Waals surface area contributed by atoms with E-state index >= 15 is 0 Å². The average Bonchev–Trinajstić information content (AvgIpc) is 2.16. The normalized spacial score (nSPS) is 12.2. The lowest BCUT2D eigenvalue weighted by atomic mass is 10.1. The fourth-order valence-electron chi connectivity index (χ4n) is 0.969. The summed E-state index contributed by atoms with van der Waals surface area (Å²) in [7, 11) is 1.30. The molecule has 0 radical (unpaired) electrons. The van der Waals surface area contributed by atoms with E-state index in [4.69, 9.17) is 15.6 Å². The van der Waals surface area contributed by atoms with Gasteiger partial charge in [-0.2, -0.15) is 0 Å². The molecule has 1 aromatic rings. The third kappa shape index (κ3) is 1.97. The zero-order valence-corrected chi connectivity index (χ0v) is 7.40. The largest absolute Gasteiger partial charge is 0.481 e. The number of carbonyl (C=O) groups is 1. The molecule has 1 rings (SSSR count). The van der Waals surface area contributed by atoms with E-state index in [-0.39, 0.29) is 11.4 Å². The highest BCUT2D eigenvalue weighted by atomic mass is 19.1. The van der Waals surface area contributed by atoms with Gasteiger partial charge >= 0.3 is 5.97 Å². The number of methoxy groups -OCH3 is 1. The van der Waals surface area contributed by atoms with E-state index in [9.17, 15) is 9.18 Å². The Balaban J connectivity index is 3.16. The molecule has 1 aromatic heterocycles. The van der Waals surface area contributed by atoms with Crippen LogP contribution in [0.2, 0.25) is 0 Å². The number of rotatable bonds is 3. The van der Waals surface area contributed by atoms with Crippen molar-refractivity contribution >= 4 is 5.97 Å². The van der Waals surface area contributed by atoms with E-state index in [1.807, 2.05) is 0 Å². The first kappa shape index (κ1) is 10.4. The molecule has 0 bridgehead atoms. The van der Waals surface area contributed by atoms with Crippen LogP contribution in [0.25, 0.3) is 0 Å². The van der Waals surface area contributed by atoms with Gasteiger partial charge in [-0.3, -0.25) is 4.79 Å². The van der Waals surface area contributed by atoms with Crippen LogP contribution in [0.1, 0.15) is 11.6 Å². The predicted molar refractivity (Wildman–Crippen MR) is 45.3 cm³/mol. The highest BCUT2D eigenvalue weighted by molar-refractivity contribution is 5.76. The van der Waals surface area contributed by atoms with Crippen LogP contribution in [-0.4, -0.2) is 23.2 Å². The summed E-state index contributed by atoms with van der Waals surface area (Å²) in [4.78, 5) is 14.1. The van der Waals surface area contributed by atoms with Crippen LogP contribution in [0.3, 0.4) is 0 Å². The minimum atomic E-state index is -1.34. The highest BCUT2D eigenvalue weighted by Crippen LogP contribution is 2.21. The zero-order valence-electron chi connectivity index (χ0n) is 7.40. The van der Waals surface area contributed by atoms with Crippen LogP contribution in [0.4, 0.5) is 4.39 Å². The van der Waals surface area contributed by atoms with Crippen molar-refractivity contribution in [3.63, 3.8) is 0 Å².